The number of carbonyl (C=O) groups is 2. The van der Waals surface area contributed by atoms with E-state index in [0.717, 1.165) is 57.3 Å². The number of ether oxygens (including phenoxy) is 1. The highest BCUT2D eigenvalue weighted by Crippen LogP contribution is 2.42. The van der Waals surface area contributed by atoms with Gasteiger partial charge in [-0.15, -0.1) is 0 Å². The van der Waals surface area contributed by atoms with Crippen LogP contribution in [0.3, 0.4) is 0 Å². The van der Waals surface area contributed by atoms with Gasteiger partial charge in [-0.2, -0.15) is 0 Å². The molecule has 7 heteroatoms. The van der Waals surface area contributed by atoms with Crippen molar-refractivity contribution in [3.63, 3.8) is 0 Å². The summed E-state index contributed by atoms with van der Waals surface area (Å²) in [5, 5.41) is 0.634. The second-order valence-electron chi connectivity index (χ2n) is 12.1. The van der Waals surface area contributed by atoms with Gasteiger partial charge in [-0.3, -0.25) is 4.79 Å². The molecule has 3 unspecified atom stereocenters. The Balaban J connectivity index is 1.20. The van der Waals surface area contributed by atoms with Crippen molar-refractivity contribution in [3.05, 3.63) is 107 Å². The SMILES string of the molecule is CCCN(C(=O)OCc1ccccc1)C1CCN(CC2CC(N(C)C(=O)c3ccc(Cl)cc3)CC2c2ccccc2)CC1. The average molecular weight is 602 g/mol. The summed E-state index contributed by atoms with van der Waals surface area (Å²) >= 11 is 6.06. The molecule has 1 saturated carbocycles. The van der Waals surface area contributed by atoms with Crippen LogP contribution < -0.4 is 0 Å². The molecule has 0 radical (unpaired) electrons. The monoisotopic (exact) mass is 601 g/mol. The third-order valence-electron chi connectivity index (χ3n) is 9.25. The van der Waals surface area contributed by atoms with Gasteiger partial charge in [0, 0.05) is 55.9 Å². The van der Waals surface area contributed by atoms with Gasteiger partial charge < -0.3 is 19.4 Å². The predicted molar refractivity (Wildman–Crippen MR) is 172 cm³/mol. The Kier molecular flexibility index (Phi) is 10.8. The molecule has 0 spiro atoms. The fraction of sp³-hybridized carbons (Fsp3) is 0.444. The maximum Gasteiger partial charge on any atom is 0.410 e. The molecule has 1 aliphatic heterocycles. The molecule has 1 aliphatic carbocycles. The molecule has 0 aromatic heterocycles. The minimum absolute atomic E-state index is 0.0464. The Morgan fingerprint density at radius 2 is 1.53 bits per heavy atom. The molecule has 3 aromatic rings. The van der Waals surface area contributed by atoms with Crippen molar-refractivity contribution >= 4 is 23.6 Å². The van der Waals surface area contributed by atoms with Crippen LogP contribution in [-0.2, 0) is 11.3 Å². The molecule has 43 heavy (non-hydrogen) atoms. The van der Waals surface area contributed by atoms with Gasteiger partial charge in [-0.25, -0.2) is 4.79 Å². The Morgan fingerprint density at radius 1 is 0.884 bits per heavy atom. The second-order valence-corrected chi connectivity index (χ2v) is 12.5. The number of nitrogens with zero attached hydrogens (tertiary/aromatic N) is 3. The van der Waals surface area contributed by atoms with Crippen LogP contribution in [0.2, 0.25) is 5.02 Å². The van der Waals surface area contributed by atoms with Crippen LogP contribution in [0.25, 0.3) is 0 Å². The number of halogens is 1. The highest BCUT2D eigenvalue weighted by atomic mass is 35.5. The van der Waals surface area contributed by atoms with Crippen molar-refractivity contribution in [2.24, 2.45) is 5.92 Å². The van der Waals surface area contributed by atoms with E-state index in [9.17, 15) is 9.59 Å². The third kappa shape index (κ3) is 7.98. The van der Waals surface area contributed by atoms with Gasteiger partial charge in [0.25, 0.3) is 5.91 Å². The Morgan fingerprint density at radius 3 is 2.19 bits per heavy atom. The van der Waals surface area contributed by atoms with Crippen molar-refractivity contribution in [2.45, 2.75) is 63.6 Å². The standard InChI is InChI=1S/C36H44ClN3O3/c1-3-20-40(36(42)43-26-27-10-6-4-7-11-27)32-18-21-39(22-19-32)25-30-23-33(24-34(30)28-12-8-5-9-13-28)38(2)35(41)29-14-16-31(37)17-15-29/h4-17,30,32-34H,3,18-26H2,1-2H3. The Hall–Kier alpha value is -3.35. The second kappa shape index (κ2) is 14.9. The van der Waals surface area contributed by atoms with E-state index in [1.54, 1.807) is 12.1 Å². The maximum absolute atomic E-state index is 13.3. The number of piperidine rings is 1. The van der Waals surface area contributed by atoms with E-state index in [1.807, 2.05) is 59.3 Å². The quantitative estimate of drug-likeness (QED) is 0.242. The van der Waals surface area contributed by atoms with E-state index >= 15 is 0 Å². The first-order valence-electron chi connectivity index (χ1n) is 15.7. The van der Waals surface area contributed by atoms with Crippen LogP contribution in [0.5, 0.6) is 0 Å². The summed E-state index contributed by atoms with van der Waals surface area (Å²) in [4.78, 5) is 32.9. The predicted octanol–water partition coefficient (Wildman–Crippen LogP) is 7.49. The van der Waals surface area contributed by atoms with Crippen molar-refractivity contribution in [2.75, 3.05) is 33.2 Å². The molecule has 3 atom stereocenters. The van der Waals surface area contributed by atoms with E-state index in [4.69, 9.17) is 16.3 Å². The number of hydrogen-bond acceptors (Lipinski definition) is 4. The molecule has 2 amide bonds. The van der Waals surface area contributed by atoms with Crippen LogP contribution in [0.15, 0.2) is 84.9 Å². The van der Waals surface area contributed by atoms with E-state index in [0.29, 0.717) is 35.6 Å². The van der Waals surface area contributed by atoms with Gasteiger partial charge in [-0.1, -0.05) is 79.2 Å². The Labute approximate surface area is 261 Å². The van der Waals surface area contributed by atoms with Gasteiger partial charge in [-0.05, 0) is 79.3 Å². The number of amides is 2. The minimum atomic E-state index is -0.208. The topological polar surface area (TPSA) is 53.1 Å². The smallest absolute Gasteiger partial charge is 0.410 e. The average Bonchev–Trinajstić information content (AvgIpc) is 3.47. The fourth-order valence-corrected chi connectivity index (χ4v) is 7.02. The normalized spacial score (nSPS) is 21.0. The van der Waals surface area contributed by atoms with E-state index < -0.39 is 0 Å². The summed E-state index contributed by atoms with van der Waals surface area (Å²) < 4.78 is 5.72. The molecule has 1 saturated heterocycles. The first-order valence-corrected chi connectivity index (χ1v) is 16.1. The van der Waals surface area contributed by atoms with E-state index in [2.05, 4.69) is 42.2 Å². The van der Waals surface area contributed by atoms with Crippen molar-refractivity contribution in [1.29, 1.82) is 0 Å². The molecule has 6 nitrogen and oxygen atoms in total. The minimum Gasteiger partial charge on any atom is -0.445 e. The lowest BCUT2D eigenvalue weighted by Gasteiger charge is -2.39. The Bertz CT molecular complexity index is 1310. The van der Waals surface area contributed by atoms with Crippen LogP contribution in [0.4, 0.5) is 4.79 Å². The number of benzene rings is 3. The lowest BCUT2D eigenvalue weighted by Crippen LogP contribution is -2.48. The first-order chi connectivity index (χ1) is 20.9. The lowest BCUT2D eigenvalue weighted by atomic mass is 9.88. The van der Waals surface area contributed by atoms with Crippen LogP contribution in [-0.4, -0.2) is 72.0 Å². The summed E-state index contributed by atoms with van der Waals surface area (Å²) in [5.74, 6) is 0.894. The van der Waals surface area contributed by atoms with Crippen LogP contribution >= 0.6 is 11.6 Å². The van der Waals surface area contributed by atoms with Crippen LogP contribution in [0.1, 0.15) is 66.4 Å². The molecule has 228 valence electrons. The van der Waals surface area contributed by atoms with Gasteiger partial charge in [0.2, 0.25) is 0 Å². The molecule has 0 N–H and O–H groups in total. The molecular weight excluding hydrogens is 558 g/mol. The number of likely N-dealkylation sites (tertiary alicyclic amines) is 1. The molecule has 0 bridgehead atoms. The number of carbonyl (C=O) groups excluding carboxylic acids is 2. The largest absolute Gasteiger partial charge is 0.445 e. The van der Waals surface area contributed by atoms with Gasteiger partial charge >= 0.3 is 6.09 Å². The first kappa shape index (κ1) is 31.1. The summed E-state index contributed by atoms with van der Waals surface area (Å²) in [7, 11) is 1.94. The van der Waals surface area contributed by atoms with Crippen molar-refractivity contribution in [3.8, 4) is 0 Å². The number of rotatable bonds is 10. The zero-order valence-corrected chi connectivity index (χ0v) is 26.2. The van der Waals surface area contributed by atoms with E-state index in [-0.39, 0.29) is 24.1 Å². The summed E-state index contributed by atoms with van der Waals surface area (Å²) in [6.45, 7) is 6.04. The van der Waals surface area contributed by atoms with Crippen molar-refractivity contribution in [1.82, 2.24) is 14.7 Å². The van der Waals surface area contributed by atoms with Gasteiger partial charge in [0.15, 0.2) is 0 Å². The molecule has 1 heterocycles. The highest BCUT2D eigenvalue weighted by Gasteiger charge is 2.40. The number of hydrogen-bond donors (Lipinski definition) is 0. The zero-order chi connectivity index (χ0) is 30.2. The molecule has 2 fully saturated rings. The molecule has 3 aromatic carbocycles. The zero-order valence-electron chi connectivity index (χ0n) is 25.4. The van der Waals surface area contributed by atoms with Gasteiger partial charge in [0.05, 0.1) is 0 Å². The molecular formula is C36H44ClN3O3. The fourth-order valence-electron chi connectivity index (χ4n) is 6.90. The highest BCUT2D eigenvalue weighted by molar-refractivity contribution is 6.30. The summed E-state index contributed by atoms with van der Waals surface area (Å²) in [5.41, 5.74) is 3.03. The third-order valence-corrected chi connectivity index (χ3v) is 9.50. The molecule has 2 aliphatic rings. The molecule has 5 rings (SSSR count). The maximum atomic E-state index is 13.3. The summed E-state index contributed by atoms with van der Waals surface area (Å²) in [6.07, 6.45) is 4.52. The summed E-state index contributed by atoms with van der Waals surface area (Å²) in [6, 6.07) is 28.2. The van der Waals surface area contributed by atoms with E-state index in [1.165, 1.54) is 5.56 Å². The lowest BCUT2D eigenvalue weighted by molar-refractivity contribution is 0.0572. The van der Waals surface area contributed by atoms with Gasteiger partial charge in [0.1, 0.15) is 6.61 Å². The van der Waals surface area contributed by atoms with Crippen LogP contribution in [0, 0.1) is 5.92 Å². The van der Waals surface area contributed by atoms with Crippen molar-refractivity contribution < 1.29 is 14.3 Å².